The Balaban J connectivity index is 2.00. The average molecular weight is 409 g/mol. The lowest BCUT2D eigenvalue weighted by Gasteiger charge is -2.17. The lowest BCUT2D eigenvalue weighted by Crippen LogP contribution is -2.31. The summed E-state index contributed by atoms with van der Waals surface area (Å²) in [5.41, 5.74) is 3.48. The van der Waals surface area contributed by atoms with Gasteiger partial charge in [0.2, 0.25) is 0 Å². The number of amides is 1. The number of aromatic nitrogens is 1. The number of nitrogens with zero attached hydrogens (tertiary/aromatic N) is 2. The van der Waals surface area contributed by atoms with Crippen molar-refractivity contribution in [3.8, 4) is 6.07 Å². The highest BCUT2D eigenvalue weighted by molar-refractivity contribution is 6.02. The molecule has 0 fully saturated rings. The van der Waals surface area contributed by atoms with Gasteiger partial charge in [-0.1, -0.05) is 30.3 Å². The van der Waals surface area contributed by atoms with E-state index in [1.54, 1.807) is 7.11 Å². The predicted octanol–water partition coefficient (Wildman–Crippen LogP) is 3.08. The van der Waals surface area contributed by atoms with Crippen molar-refractivity contribution in [1.82, 2.24) is 9.88 Å². The molecule has 0 aliphatic carbocycles. The Morgan fingerprint density at radius 3 is 2.60 bits per heavy atom. The zero-order valence-electron chi connectivity index (χ0n) is 17.8. The summed E-state index contributed by atoms with van der Waals surface area (Å²) < 4.78 is 12.5. The van der Waals surface area contributed by atoms with Crippen LogP contribution in [0.1, 0.15) is 35.5 Å². The van der Waals surface area contributed by atoms with Crippen LogP contribution in [0.4, 0.5) is 0 Å². The Bertz CT molecular complexity index is 955. The number of ether oxygens (including phenoxy) is 2. The first-order valence-electron chi connectivity index (χ1n) is 9.64. The Hall–Kier alpha value is -3.37. The Labute approximate surface area is 176 Å². The molecule has 1 heterocycles. The fraction of sp³-hybridized carbons (Fsp3) is 0.348. The summed E-state index contributed by atoms with van der Waals surface area (Å²) in [4.78, 5) is 24.2. The van der Waals surface area contributed by atoms with Gasteiger partial charge >= 0.3 is 5.97 Å². The molecular weight excluding hydrogens is 382 g/mol. The fourth-order valence-corrected chi connectivity index (χ4v) is 3.28. The number of carbonyl (C=O) groups excluding carboxylic acids is 2. The first kappa shape index (κ1) is 22.9. The molecule has 0 aliphatic heterocycles. The van der Waals surface area contributed by atoms with E-state index in [1.165, 1.54) is 6.08 Å². The molecule has 0 bridgehead atoms. The van der Waals surface area contributed by atoms with Crippen molar-refractivity contribution < 1.29 is 19.1 Å². The summed E-state index contributed by atoms with van der Waals surface area (Å²) in [7, 11) is 1.65. The van der Waals surface area contributed by atoms with E-state index in [9.17, 15) is 14.9 Å². The van der Waals surface area contributed by atoms with Crippen LogP contribution in [0.3, 0.4) is 0 Å². The minimum Gasteiger partial charge on any atom is -0.460 e. The number of nitrogens with one attached hydrogen (secondary N) is 1. The Morgan fingerprint density at radius 1 is 1.27 bits per heavy atom. The number of benzene rings is 1. The molecule has 1 amide bonds. The maximum absolute atomic E-state index is 12.4. The minimum absolute atomic E-state index is 0.0782. The first-order valence-corrected chi connectivity index (χ1v) is 9.64. The van der Waals surface area contributed by atoms with Gasteiger partial charge in [-0.2, -0.15) is 5.26 Å². The Morgan fingerprint density at radius 2 is 1.97 bits per heavy atom. The molecule has 0 saturated carbocycles. The van der Waals surface area contributed by atoms with Crippen LogP contribution in [0.2, 0.25) is 0 Å². The summed E-state index contributed by atoms with van der Waals surface area (Å²) in [6, 6.07) is 13.2. The SMILES string of the molecule is COCC(C)n1c(C)cc(/C=C(\C#N)C(=O)NCC(=O)OCc2ccccc2)c1C. The van der Waals surface area contributed by atoms with Gasteiger partial charge in [-0.3, -0.25) is 9.59 Å². The van der Waals surface area contributed by atoms with E-state index >= 15 is 0 Å². The van der Waals surface area contributed by atoms with Gasteiger partial charge < -0.3 is 19.4 Å². The number of hydrogen-bond donors (Lipinski definition) is 1. The van der Waals surface area contributed by atoms with E-state index in [4.69, 9.17) is 9.47 Å². The molecular formula is C23H27N3O4. The molecule has 2 aromatic rings. The molecule has 1 aromatic carbocycles. The van der Waals surface area contributed by atoms with Gasteiger partial charge in [-0.05, 0) is 44.0 Å². The molecule has 158 valence electrons. The van der Waals surface area contributed by atoms with E-state index in [0.717, 1.165) is 22.5 Å². The van der Waals surface area contributed by atoms with Crippen molar-refractivity contribution in [2.75, 3.05) is 20.3 Å². The number of rotatable bonds is 9. The van der Waals surface area contributed by atoms with E-state index in [-0.39, 0.29) is 24.8 Å². The number of methoxy groups -OCH3 is 1. The van der Waals surface area contributed by atoms with Crippen LogP contribution >= 0.6 is 0 Å². The highest BCUT2D eigenvalue weighted by Crippen LogP contribution is 2.22. The standard InChI is InChI=1S/C23H27N3O4/c1-16-10-20(18(3)26(16)17(2)14-29-4)11-21(12-24)23(28)25-13-22(27)30-15-19-8-6-5-7-9-19/h5-11,17H,13-15H2,1-4H3,(H,25,28)/b21-11+. The zero-order chi connectivity index (χ0) is 22.1. The maximum atomic E-state index is 12.4. The molecule has 0 aliphatic rings. The van der Waals surface area contributed by atoms with Crippen LogP contribution < -0.4 is 5.32 Å². The molecule has 7 heteroatoms. The summed E-state index contributed by atoms with van der Waals surface area (Å²) in [5.74, 6) is -1.19. The van der Waals surface area contributed by atoms with Crippen LogP contribution in [0.5, 0.6) is 0 Å². The average Bonchev–Trinajstić information content (AvgIpc) is 3.02. The van der Waals surface area contributed by atoms with Gasteiger partial charge in [-0.15, -0.1) is 0 Å². The topological polar surface area (TPSA) is 93.4 Å². The van der Waals surface area contributed by atoms with Gasteiger partial charge in [0.05, 0.1) is 12.6 Å². The third-order valence-electron chi connectivity index (χ3n) is 4.67. The highest BCUT2D eigenvalue weighted by Gasteiger charge is 2.16. The molecule has 1 aromatic heterocycles. The molecule has 0 saturated heterocycles. The third kappa shape index (κ3) is 6.06. The molecule has 1 atom stereocenters. The van der Waals surface area contributed by atoms with Gasteiger partial charge in [0.1, 0.15) is 24.8 Å². The number of carbonyl (C=O) groups is 2. The minimum atomic E-state index is -0.621. The van der Waals surface area contributed by atoms with E-state index in [2.05, 4.69) is 9.88 Å². The quantitative estimate of drug-likeness (QED) is 0.390. The largest absolute Gasteiger partial charge is 0.460 e. The smallest absolute Gasteiger partial charge is 0.325 e. The number of hydrogen-bond acceptors (Lipinski definition) is 5. The van der Waals surface area contributed by atoms with Crippen LogP contribution in [0.25, 0.3) is 6.08 Å². The maximum Gasteiger partial charge on any atom is 0.325 e. The van der Waals surface area contributed by atoms with E-state index in [1.807, 2.05) is 63.2 Å². The normalized spacial score (nSPS) is 12.2. The van der Waals surface area contributed by atoms with E-state index < -0.39 is 11.9 Å². The molecule has 1 N–H and O–H groups in total. The van der Waals surface area contributed by atoms with Crippen molar-refractivity contribution in [3.05, 3.63) is 64.5 Å². The van der Waals surface area contributed by atoms with Crippen molar-refractivity contribution in [1.29, 1.82) is 5.26 Å². The summed E-state index contributed by atoms with van der Waals surface area (Å²) in [6.45, 7) is 6.30. The van der Waals surface area contributed by atoms with Gasteiger partial charge in [0.15, 0.2) is 0 Å². The summed E-state index contributed by atoms with van der Waals surface area (Å²) in [5, 5.41) is 11.9. The lowest BCUT2D eigenvalue weighted by molar-refractivity contribution is -0.144. The van der Waals surface area contributed by atoms with Crippen LogP contribution in [-0.4, -0.2) is 36.7 Å². The van der Waals surface area contributed by atoms with Crippen LogP contribution in [-0.2, 0) is 25.7 Å². The monoisotopic (exact) mass is 409 g/mol. The van der Waals surface area contributed by atoms with Crippen molar-refractivity contribution in [2.45, 2.75) is 33.4 Å². The lowest BCUT2D eigenvalue weighted by atomic mass is 10.1. The fourth-order valence-electron chi connectivity index (χ4n) is 3.28. The van der Waals surface area contributed by atoms with Crippen LogP contribution in [0, 0.1) is 25.2 Å². The molecule has 1 unspecified atom stereocenters. The van der Waals surface area contributed by atoms with Gasteiger partial charge in [0, 0.05) is 18.5 Å². The molecule has 7 nitrogen and oxygen atoms in total. The third-order valence-corrected chi connectivity index (χ3v) is 4.67. The van der Waals surface area contributed by atoms with E-state index in [0.29, 0.717) is 6.61 Å². The second-order valence-electron chi connectivity index (χ2n) is 7.00. The second kappa shape index (κ2) is 11.0. The van der Waals surface area contributed by atoms with Crippen molar-refractivity contribution >= 4 is 18.0 Å². The van der Waals surface area contributed by atoms with Crippen LogP contribution in [0.15, 0.2) is 42.0 Å². The molecule has 0 spiro atoms. The predicted molar refractivity (Wildman–Crippen MR) is 113 cm³/mol. The Kier molecular flexibility index (Phi) is 8.39. The summed E-state index contributed by atoms with van der Waals surface area (Å²) in [6.07, 6.45) is 1.53. The van der Waals surface area contributed by atoms with Gasteiger partial charge in [-0.25, -0.2) is 0 Å². The first-order chi connectivity index (χ1) is 14.4. The number of esters is 1. The zero-order valence-corrected chi connectivity index (χ0v) is 17.8. The molecule has 2 rings (SSSR count). The van der Waals surface area contributed by atoms with Gasteiger partial charge in [0.25, 0.3) is 5.91 Å². The highest BCUT2D eigenvalue weighted by atomic mass is 16.5. The van der Waals surface area contributed by atoms with Crippen molar-refractivity contribution in [3.63, 3.8) is 0 Å². The second-order valence-corrected chi connectivity index (χ2v) is 7.00. The molecule has 30 heavy (non-hydrogen) atoms. The number of nitriles is 1. The summed E-state index contributed by atoms with van der Waals surface area (Å²) >= 11 is 0. The number of aryl methyl sites for hydroxylation is 1. The van der Waals surface area contributed by atoms with Crippen molar-refractivity contribution in [2.24, 2.45) is 0 Å². The molecule has 0 radical (unpaired) electrons.